The molecule has 7 heteroatoms. The van der Waals surface area contributed by atoms with Gasteiger partial charge in [0.25, 0.3) is 0 Å². The predicted octanol–water partition coefficient (Wildman–Crippen LogP) is 0.324. The van der Waals surface area contributed by atoms with Gasteiger partial charge in [0.2, 0.25) is 5.91 Å². The molecule has 0 radical (unpaired) electrons. The van der Waals surface area contributed by atoms with Crippen molar-refractivity contribution in [2.45, 2.75) is 44.2 Å². The lowest BCUT2D eigenvalue weighted by molar-refractivity contribution is -0.131. The van der Waals surface area contributed by atoms with Crippen LogP contribution in [-0.2, 0) is 9.59 Å². The Bertz CT molecular complexity index is 285. The maximum Gasteiger partial charge on any atom is 0.319 e. The van der Waals surface area contributed by atoms with Crippen molar-refractivity contribution in [2.24, 2.45) is 0 Å². The van der Waals surface area contributed by atoms with E-state index in [-0.39, 0.29) is 11.9 Å². The number of nitrogens with one attached hydrogen (secondary N) is 3. The van der Waals surface area contributed by atoms with Crippen LogP contribution in [0.1, 0.15) is 32.1 Å². The normalized spacial score (nSPS) is 20.7. The van der Waals surface area contributed by atoms with Gasteiger partial charge in [0.1, 0.15) is 6.04 Å². The lowest BCUT2D eigenvalue weighted by Gasteiger charge is -2.12. The van der Waals surface area contributed by atoms with E-state index in [9.17, 15) is 14.0 Å². The number of carbonyl (C=O) groups excluding carboxylic acids is 2. The first-order valence-corrected chi connectivity index (χ1v) is 6.70. The van der Waals surface area contributed by atoms with Crippen molar-refractivity contribution in [1.82, 2.24) is 15.4 Å². The van der Waals surface area contributed by atoms with Crippen molar-refractivity contribution >= 4 is 24.8 Å². The molecule has 3 N–H and O–H groups in total. The lowest BCUT2D eigenvalue weighted by Crippen LogP contribution is -2.40. The maximum atomic E-state index is 12.4. The van der Waals surface area contributed by atoms with E-state index < -0.39 is 12.1 Å². The number of thiol groups is 1. The molecule has 1 aliphatic heterocycles. The van der Waals surface area contributed by atoms with Gasteiger partial charge in [0, 0.05) is 6.54 Å². The molecule has 2 atom stereocenters. The van der Waals surface area contributed by atoms with Crippen molar-refractivity contribution in [1.29, 1.82) is 0 Å². The maximum absolute atomic E-state index is 12.4. The van der Waals surface area contributed by atoms with E-state index >= 15 is 0 Å². The molecule has 104 valence electrons. The van der Waals surface area contributed by atoms with Crippen LogP contribution in [0.3, 0.4) is 0 Å². The van der Waals surface area contributed by atoms with Gasteiger partial charge in [-0.1, -0.05) is 12.8 Å². The second-order valence-corrected chi connectivity index (χ2v) is 4.68. The molecule has 0 saturated carbocycles. The van der Waals surface area contributed by atoms with E-state index in [1.807, 2.05) is 0 Å². The number of hydrogen-bond acceptors (Lipinski definition) is 5. The van der Waals surface area contributed by atoms with Crippen LogP contribution in [0.15, 0.2) is 0 Å². The highest BCUT2D eigenvalue weighted by atomic mass is 32.1. The molecule has 18 heavy (non-hydrogen) atoms. The molecule has 1 saturated heterocycles. The van der Waals surface area contributed by atoms with Crippen molar-refractivity contribution < 1.29 is 14.0 Å². The molecule has 0 aliphatic carbocycles. The summed E-state index contributed by atoms with van der Waals surface area (Å²) < 4.78 is 14.7. The first-order chi connectivity index (χ1) is 8.65. The summed E-state index contributed by atoms with van der Waals surface area (Å²) >= 11 is 3.68. The highest BCUT2D eigenvalue weighted by molar-refractivity contribution is 7.78. The van der Waals surface area contributed by atoms with E-state index in [2.05, 4.69) is 28.2 Å². The molecular weight excluding hydrogens is 257 g/mol. The van der Waals surface area contributed by atoms with Crippen LogP contribution < -0.4 is 15.4 Å². The van der Waals surface area contributed by atoms with Gasteiger partial charge in [-0.3, -0.25) is 14.3 Å². The van der Waals surface area contributed by atoms with Crippen molar-refractivity contribution in [3.63, 3.8) is 0 Å². The Morgan fingerprint density at radius 3 is 2.78 bits per heavy atom. The van der Waals surface area contributed by atoms with Crippen molar-refractivity contribution in [3.05, 3.63) is 0 Å². The number of halogens is 1. The van der Waals surface area contributed by atoms with E-state index in [1.54, 1.807) is 0 Å². The Morgan fingerprint density at radius 1 is 1.44 bits per heavy atom. The minimum absolute atomic E-state index is 0.0259. The SMILES string of the molecule is O=C(NCCCC[C@H](NS)C(=O)F)C1CCCN1. The standard InChI is InChI=1S/C11H20FN3O2S/c12-10(16)8(15-18)4-1-2-6-14-11(17)9-5-3-7-13-9/h8-9,13,15,18H,1-7H2,(H,14,17)/t8-,9?/m0/s1. The van der Waals surface area contributed by atoms with Crippen LogP contribution in [0.4, 0.5) is 4.39 Å². The summed E-state index contributed by atoms with van der Waals surface area (Å²) in [5.74, 6) is 0.0259. The molecule has 0 aromatic carbocycles. The zero-order chi connectivity index (χ0) is 13.4. The van der Waals surface area contributed by atoms with Crippen molar-refractivity contribution in [3.8, 4) is 0 Å². The van der Waals surface area contributed by atoms with Gasteiger partial charge in [0.05, 0.1) is 6.04 Å². The van der Waals surface area contributed by atoms with Gasteiger partial charge in [-0.25, -0.2) is 0 Å². The fourth-order valence-electron chi connectivity index (χ4n) is 1.95. The van der Waals surface area contributed by atoms with Gasteiger partial charge in [0.15, 0.2) is 0 Å². The number of carbonyl (C=O) groups is 2. The molecule has 1 aliphatic rings. The van der Waals surface area contributed by atoms with E-state index in [1.165, 1.54) is 0 Å². The van der Waals surface area contributed by atoms with E-state index in [0.717, 1.165) is 25.8 Å². The Kier molecular flexibility index (Phi) is 7.22. The smallest absolute Gasteiger partial charge is 0.319 e. The molecule has 0 spiro atoms. The average molecular weight is 277 g/mol. The van der Waals surface area contributed by atoms with Crippen LogP contribution in [-0.4, -0.2) is 37.1 Å². The summed E-state index contributed by atoms with van der Waals surface area (Å²) in [6, 6.07) is -2.31. The minimum Gasteiger partial charge on any atom is -0.355 e. The molecule has 0 aromatic heterocycles. The first kappa shape index (κ1) is 15.4. The molecule has 1 amide bonds. The van der Waals surface area contributed by atoms with Crippen LogP contribution in [0.2, 0.25) is 0 Å². The fraction of sp³-hybridized carbons (Fsp3) is 0.818. The van der Waals surface area contributed by atoms with Gasteiger partial charge in [-0.05, 0) is 38.6 Å². The first-order valence-electron chi connectivity index (χ1n) is 6.25. The summed E-state index contributed by atoms with van der Waals surface area (Å²) in [5.41, 5.74) is 0. The Hall–Kier alpha value is -0.660. The summed E-state index contributed by atoms with van der Waals surface area (Å²) in [6.45, 7) is 1.45. The molecule has 1 rings (SSSR count). The summed E-state index contributed by atoms with van der Waals surface area (Å²) in [6.07, 6.45) is 3.68. The molecule has 1 unspecified atom stereocenters. The summed E-state index contributed by atoms with van der Waals surface area (Å²) in [4.78, 5) is 22.1. The third kappa shape index (κ3) is 5.32. The number of hydrogen-bond donors (Lipinski definition) is 4. The molecule has 1 fully saturated rings. The Morgan fingerprint density at radius 2 is 2.22 bits per heavy atom. The third-order valence-corrected chi connectivity index (χ3v) is 3.34. The van der Waals surface area contributed by atoms with Gasteiger partial charge in [-0.15, -0.1) is 0 Å². The largest absolute Gasteiger partial charge is 0.355 e. The highest BCUT2D eigenvalue weighted by Gasteiger charge is 2.21. The van der Waals surface area contributed by atoms with E-state index in [0.29, 0.717) is 19.4 Å². The molecule has 0 aromatic rings. The number of amides is 1. The molecular formula is C11H20FN3O2S. The summed E-state index contributed by atoms with van der Waals surface area (Å²) in [5, 5.41) is 5.94. The second kappa shape index (κ2) is 8.44. The van der Waals surface area contributed by atoms with Crippen molar-refractivity contribution in [2.75, 3.05) is 13.1 Å². The Balaban J connectivity index is 2.04. The average Bonchev–Trinajstić information content (AvgIpc) is 2.86. The van der Waals surface area contributed by atoms with E-state index in [4.69, 9.17) is 0 Å². The topological polar surface area (TPSA) is 70.2 Å². The van der Waals surface area contributed by atoms with Gasteiger partial charge in [-0.2, -0.15) is 4.39 Å². The predicted molar refractivity (Wildman–Crippen MR) is 69.9 cm³/mol. The molecule has 0 bridgehead atoms. The van der Waals surface area contributed by atoms with Gasteiger partial charge < -0.3 is 10.6 Å². The van der Waals surface area contributed by atoms with Crippen LogP contribution >= 0.6 is 12.8 Å². The fourth-order valence-corrected chi connectivity index (χ4v) is 2.18. The Labute approximate surface area is 112 Å². The number of rotatable bonds is 8. The van der Waals surface area contributed by atoms with Crippen LogP contribution in [0, 0.1) is 0 Å². The number of unbranched alkanes of at least 4 members (excludes halogenated alkanes) is 1. The van der Waals surface area contributed by atoms with Crippen LogP contribution in [0.25, 0.3) is 0 Å². The summed E-state index contributed by atoms with van der Waals surface area (Å²) in [7, 11) is 0. The quantitative estimate of drug-likeness (QED) is 0.293. The minimum atomic E-state index is -1.40. The van der Waals surface area contributed by atoms with Gasteiger partial charge >= 0.3 is 6.04 Å². The molecule has 1 heterocycles. The highest BCUT2D eigenvalue weighted by Crippen LogP contribution is 2.05. The lowest BCUT2D eigenvalue weighted by atomic mass is 10.1. The monoisotopic (exact) mass is 277 g/mol. The third-order valence-electron chi connectivity index (χ3n) is 3.03. The zero-order valence-corrected chi connectivity index (χ0v) is 11.1. The van der Waals surface area contributed by atoms with Crippen LogP contribution in [0.5, 0.6) is 0 Å². The molecule has 5 nitrogen and oxygen atoms in total. The zero-order valence-electron chi connectivity index (χ0n) is 10.2. The second-order valence-electron chi connectivity index (χ2n) is 4.42.